The summed E-state index contributed by atoms with van der Waals surface area (Å²) in [6.07, 6.45) is 0. The van der Waals surface area contributed by atoms with Crippen molar-refractivity contribution in [3.63, 3.8) is 0 Å². The van der Waals surface area contributed by atoms with Gasteiger partial charge in [0.15, 0.2) is 11.5 Å². The number of fused-ring (bicyclic) bond motifs is 1. The lowest BCUT2D eigenvalue weighted by Gasteiger charge is -2.27. The van der Waals surface area contributed by atoms with E-state index in [2.05, 4.69) is 47.5 Å². The third-order valence-electron chi connectivity index (χ3n) is 4.22. The molecule has 124 valence electrons. The predicted octanol–water partition coefficient (Wildman–Crippen LogP) is 2.91. The molecule has 3 heterocycles. The fourth-order valence-corrected chi connectivity index (χ4v) is 4.09. The number of rotatable bonds is 3. The summed E-state index contributed by atoms with van der Waals surface area (Å²) in [5.41, 5.74) is 3.10. The first kappa shape index (κ1) is 15.5. The van der Waals surface area contributed by atoms with Gasteiger partial charge in [0.05, 0.1) is 0 Å². The quantitative estimate of drug-likeness (QED) is 0.795. The maximum Gasteiger partial charge on any atom is 0.171 e. The second-order valence-electron chi connectivity index (χ2n) is 6.08. The molecule has 6 heteroatoms. The first-order valence-electron chi connectivity index (χ1n) is 8.28. The molecule has 1 fully saturated rings. The zero-order valence-electron chi connectivity index (χ0n) is 14.0. The van der Waals surface area contributed by atoms with E-state index in [1.165, 1.54) is 4.90 Å². The second kappa shape index (κ2) is 6.45. The Balaban J connectivity index is 1.86. The molecule has 1 aliphatic rings. The molecule has 1 aromatic carbocycles. The standard InChI is InChI=1S/C18H21N5S/c1-13-12-14(2)23-17(20-13)16(24-15-6-4-3-5-7-15)18(21-23)22-10-8-19-9-11-22/h3-7,12,19H,8-11H2,1-2H3. The van der Waals surface area contributed by atoms with Crippen LogP contribution in [-0.2, 0) is 0 Å². The van der Waals surface area contributed by atoms with Gasteiger partial charge < -0.3 is 10.2 Å². The Morgan fingerprint density at radius 1 is 1.08 bits per heavy atom. The SMILES string of the molecule is Cc1cc(C)n2nc(N3CCNCC3)c(Sc3ccccc3)c2n1. The van der Waals surface area contributed by atoms with Gasteiger partial charge in [0.2, 0.25) is 0 Å². The predicted molar refractivity (Wildman–Crippen MR) is 98.1 cm³/mol. The minimum absolute atomic E-state index is 0.954. The highest BCUT2D eigenvalue weighted by Gasteiger charge is 2.23. The number of hydrogen-bond acceptors (Lipinski definition) is 5. The number of aromatic nitrogens is 3. The van der Waals surface area contributed by atoms with Crippen LogP contribution in [0.4, 0.5) is 5.82 Å². The third-order valence-corrected chi connectivity index (χ3v) is 5.29. The van der Waals surface area contributed by atoms with E-state index in [9.17, 15) is 0 Å². The highest BCUT2D eigenvalue weighted by atomic mass is 32.2. The first-order chi connectivity index (χ1) is 11.7. The summed E-state index contributed by atoms with van der Waals surface area (Å²) in [6.45, 7) is 8.08. The molecular weight excluding hydrogens is 318 g/mol. The van der Waals surface area contributed by atoms with Gasteiger partial charge in [0.25, 0.3) is 0 Å². The summed E-state index contributed by atoms with van der Waals surface area (Å²) in [5, 5.41) is 8.31. The van der Waals surface area contributed by atoms with Crippen LogP contribution in [0.5, 0.6) is 0 Å². The Morgan fingerprint density at radius 2 is 1.83 bits per heavy atom. The van der Waals surface area contributed by atoms with E-state index in [4.69, 9.17) is 10.1 Å². The molecule has 4 rings (SSSR count). The molecule has 0 saturated carbocycles. The Morgan fingerprint density at radius 3 is 2.58 bits per heavy atom. The number of aryl methyl sites for hydroxylation is 2. The van der Waals surface area contributed by atoms with Gasteiger partial charge in [-0.05, 0) is 32.0 Å². The molecule has 3 aromatic rings. The maximum absolute atomic E-state index is 4.90. The number of benzene rings is 1. The van der Waals surface area contributed by atoms with E-state index >= 15 is 0 Å². The molecule has 2 aromatic heterocycles. The van der Waals surface area contributed by atoms with Crippen molar-refractivity contribution in [1.82, 2.24) is 19.9 Å². The average Bonchev–Trinajstić information content (AvgIpc) is 2.95. The molecule has 0 bridgehead atoms. The molecule has 0 aliphatic carbocycles. The van der Waals surface area contributed by atoms with Crippen molar-refractivity contribution in [1.29, 1.82) is 0 Å². The van der Waals surface area contributed by atoms with Crippen LogP contribution in [-0.4, -0.2) is 40.8 Å². The molecular formula is C18H21N5S. The van der Waals surface area contributed by atoms with Crippen LogP contribution in [0.3, 0.4) is 0 Å². The fraction of sp³-hybridized carbons (Fsp3) is 0.333. The number of piperazine rings is 1. The smallest absolute Gasteiger partial charge is 0.171 e. The Bertz CT molecular complexity index is 853. The number of hydrogen-bond donors (Lipinski definition) is 1. The van der Waals surface area contributed by atoms with Crippen LogP contribution < -0.4 is 10.2 Å². The van der Waals surface area contributed by atoms with E-state index in [-0.39, 0.29) is 0 Å². The first-order valence-corrected chi connectivity index (χ1v) is 9.09. The van der Waals surface area contributed by atoms with Crippen molar-refractivity contribution in [3.8, 4) is 0 Å². The lowest BCUT2D eigenvalue weighted by atomic mass is 10.3. The van der Waals surface area contributed by atoms with E-state index < -0.39 is 0 Å². The molecule has 0 spiro atoms. The fourth-order valence-electron chi connectivity index (χ4n) is 3.07. The van der Waals surface area contributed by atoms with Crippen LogP contribution in [0, 0.1) is 13.8 Å². The van der Waals surface area contributed by atoms with Crippen LogP contribution in [0.25, 0.3) is 5.65 Å². The lowest BCUT2D eigenvalue weighted by molar-refractivity contribution is 0.581. The summed E-state index contributed by atoms with van der Waals surface area (Å²) >= 11 is 1.75. The van der Waals surface area contributed by atoms with Gasteiger partial charge in [-0.25, -0.2) is 9.50 Å². The Hall–Kier alpha value is -2.05. The maximum atomic E-state index is 4.90. The van der Waals surface area contributed by atoms with Crippen LogP contribution in [0.2, 0.25) is 0 Å². The van der Waals surface area contributed by atoms with E-state index in [0.717, 1.165) is 53.9 Å². The molecule has 24 heavy (non-hydrogen) atoms. The summed E-state index contributed by atoms with van der Waals surface area (Å²) < 4.78 is 1.98. The van der Waals surface area contributed by atoms with Crippen molar-refractivity contribution in [2.45, 2.75) is 23.6 Å². The zero-order chi connectivity index (χ0) is 16.5. The van der Waals surface area contributed by atoms with E-state index in [1.807, 2.05) is 17.5 Å². The van der Waals surface area contributed by atoms with Crippen molar-refractivity contribution < 1.29 is 0 Å². The van der Waals surface area contributed by atoms with Gasteiger partial charge >= 0.3 is 0 Å². The van der Waals surface area contributed by atoms with Crippen LogP contribution >= 0.6 is 11.8 Å². The monoisotopic (exact) mass is 339 g/mol. The van der Waals surface area contributed by atoms with E-state index in [0.29, 0.717) is 0 Å². The van der Waals surface area contributed by atoms with Gasteiger partial charge in [-0.3, -0.25) is 0 Å². The molecule has 0 atom stereocenters. The van der Waals surface area contributed by atoms with Gasteiger partial charge in [0, 0.05) is 42.5 Å². The molecule has 1 saturated heterocycles. The number of nitrogens with zero attached hydrogens (tertiary/aromatic N) is 4. The Kier molecular flexibility index (Phi) is 4.16. The minimum atomic E-state index is 0.954. The van der Waals surface area contributed by atoms with Crippen LogP contribution in [0.15, 0.2) is 46.2 Å². The summed E-state index contributed by atoms with van der Waals surface area (Å²) in [4.78, 5) is 9.51. The second-order valence-corrected chi connectivity index (χ2v) is 7.16. The molecule has 0 radical (unpaired) electrons. The summed E-state index contributed by atoms with van der Waals surface area (Å²) in [6, 6.07) is 12.5. The van der Waals surface area contributed by atoms with Crippen molar-refractivity contribution >= 4 is 23.2 Å². The Labute approximate surface area is 146 Å². The van der Waals surface area contributed by atoms with Gasteiger partial charge in [-0.2, -0.15) is 0 Å². The largest absolute Gasteiger partial charge is 0.352 e. The van der Waals surface area contributed by atoms with Gasteiger partial charge in [-0.1, -0.05) is 30.0 Å². The van der Waals surface area contributed by atoms with Crippen LogP contribution in [0.1, 0.15) is 11.4 Å². The van der Waals surface area contributed by atoms with Crippen molar-refractivity contribution in [2.24, 2.45) is 0 Å². The third kappa shape index (κ3) is 2.87. The minimum Gasteiger partial charge on any atom is -0.352 e. The van der Waals surface area contributed by atoms with Gasteiger partial charge in [-0.15, -0.1) is 5.10 Å². The number of nitrogens with one attached hydrogen (secondary N) is 1. The van der Waals surface area contributed by atoms with E-state index in [1.54, 1.807) is 11.8 Å². The van der Waals surface area contributed by atoms with Gasteiger partial charge in [0.1, 0.15) is 4.90 Å². The molecule has 0 amide bonds. The normalized spacial score (nSPS) is 15.2. The summed E-state index contributed by atoms with van der Waals surface area (Å²) in [5.74, 6) is 1.05. The highest BCUT2D eigenvalue weighted by Crippen LogP contribution is 2.38. The average molecular weight is 339 g/mol. The molecule has 1 aliphatic heterocycles. The lowest BCUT2D eigenvalue weighted by Crippen LogP contribution is -2.43. The molecule has 5 nitrogen and oxygen atoms in total. The zero-order valence-corrected chi connectivity index (χ0v) is 14.8. The highest BCUT2D eigenvalue weighted by molar-refractivity contribution is 7.99. The molecule has 1 N–H and O–H groups in total. The topological polar surface area (TPSA) is 45.5 Å². The van der Waals surface area contributed by atoms with Crippen molar-refractivity contribution in [2.75, 3.05) is 31.1 Å². The van der Waals surface area contributed by atoms with Crippen molar-refractivity contribution in [3.05, 3.63) is 47.8 Å². The number of anilines is 1. The molecule has 0 unspecified atom stereocenters. The summed E-state index contributed by atoms with van der Waals surface area (Å²) in [7, 11) is 0.